The first-order chi connectivity index (χ1) is 15.5. The van der Waals surface area contributed by atoms with Crippen molar-refractivity contribution in [3.05, 3.63) is 82.3 Å². The highest BCUT2D eigenvalue weighted by Crippen LogP contribution is 2.18. The average Bonchev–Trinajstić information content (AvgIpc) is 2.81. The smallest absolute Gasteiger partial charge is 0.262 e. The van der Waals surface area contributed by atoms with Crippen molar-refractivity contribution in [2.24, 2.45) is 0 Å². The average molecular weight is 437 g/mol. The third-order valence-electron chi connectivity index (χ3n) is 5.07. The number of rotatable bonds is 10. The number of nitrogens with zero attached hydrogens (tertiary/aromatic N) is 1. The largest absolute Gasteiger partial charge is 0.497 e. The van der Waals surface area contributed by atoms with Crippen LogP contribution in [0, 0.1) is 6.92 Å². The number of methoxy groups -OCH3 is 1. The summed E-state index contributed by atoms with van der Waals surface area (Å²) in [6.07, 6.45) is 2.50. The molecule has 0 saturated carbocycles. The van der Waals surface area contributed by atoms with E-state index in [4.69, 9.17) is 14.2 Å². The van der Waals surface area contributed by atoms with Crippen molar-refractivity contribution in [1.82, 2.24) is 4.57 Å². The van der Waals surface area contributed by atoms with E-state index >= 15 is 0 Å². The quantitative estimate of drug-likeness (QED) is 0.523. The second kappa shape index (κ2) is 11.0. The first kappa shape index (κ1) is 22.9. The third-order valence-corrected chi connectivity index (χ3v) is 5.07. The fourth-order valence-corrected chi connectivity index (χ4v) is 3.28. The molecule has 168 valence electrons. The summed E-state index contributed by atoms with van der Waals surface area (Å²) in [5.41, 5.74) is 2.16. The van der Waals surface area contributed by atoms with Gasteiger partial charge < -0.3 is 24.1 Å². The first-order valence-corrected chi connectivity index (χ1v) is 10.5. The summed E-state index contributed by atoms with van der Waals surface area (Å²) in [5.74, 6) is 1.33. The summed E-state index contributed by atoms with van der Waals surface area (Å²) in [7, 11) is 1.61. The van der Waals surface area contributed by atoms with Crippen LogP contribution in [0.5, 0.6) is 17.2 Å². The number of aryl methyl sites for hydroxylation is 1. The zero-order valence-corrected chi connectivity index (χ0v) is 18.6. The molecule has 0 spiro atoms. The second-order valence-corrected chi connectivity index (χ2v) is 7.16. The van der Waals surface area contributed by atoms with E-state index < -0.39 is 0 Å². The summed E-state index contributed by atoms with van der Waals surface area (Å²) in [5, 5.41) is 2.84. The van der Waals surface area contributed by atoms with Crippen molar-refractivity contribution < 1.29 is 19.0 Å². The molecule has 3 aromatic rings. The van der Waals surface area contributed by atoms with E-state index in [1.54, 1.807) is 20.2 Å². The fraction of sp³-hybridized carbons (Fsp3) is 0.280. The number of hydrogen-bond donors (Lipinski definition) is 1. The molecule has 0 aliphatic heterocycles. The van der Waals surface area contributed by atoms with E-state index in [2.05, 4.69) is 5.32 Å². The lowest BCUT2D eigenvalue weighted by atomic mass is 10.1. The van der Waals surface area contributed by atoms with Crippen molar-refractivity contribution in [1.29, 1.82) is 0 Å². The molecule has 1 heterocycles. The van der Waals surface area contributed by atoms with Crippen molar-refractivity contribution in [2.45, 2.75) is 26.8 Å². The predicted molar refractivity (Wildman–Crippen MR) is 124 cm³/mol. The minimum absolute atomic E-state index is 0.163. The molecule has 1 amide bonds. The number of ether oxygens (including phenoxy) is 3. The van der Waals surface area contributed by atoms with Crippen molar-refractivity contribution in [2.75, 3.05) is 25.6 Å². The molecule has 0 radical (unpaired) electrons. The first-order valence-electron chi connectivity index (χ1n) is 10.5. The number of carbonyl (C=O) groups excluding carboxylic acids is 1. The van der Waals surface area contributed by atoms with Gasteiger partial charge in [0.2, 0.25) is 5.43 Å². The van der Waals surface area contributed by atoms with Gasteiger partial charge in [0, 0.05) is 18.0 Å². The minimum Gasteiger partial charge on any atom is -0.497 e. The number of benzene rings is 2. The summed E-state index contributed by atoms with van der Waals surface area (Å²) >= 11 is 0. The van der Waals surface area contributed by atoms with E-state index in [1.165, 1.54) is 6.07 Å². The number of nitrogens with one attached hydrogen (secondary N) is 1. The lowest BCUT2D eigenvalue weighted by Crippen LogP contribution is -2.24. The molecular formula is C25H28N2O5. The van der Waals surface area contributed by atoms with Crippen LogP contribution in [0.1, 0.15) is 18.2 Å². The van der Waals surface area contributed by atoms with Crippen LogP contribution >= 0.6 is 0 Å². The number of anilines is 1. The molecule has 0 unspecified atom stereocenters. The molecule has 32 heavy (non-hydrogen) atoms. The normalized spacial score (nSPS) is 10.5. The maximum atomic E-state index is 12.4. The highest BCUT2D eigenvalue weighted by Gasteiger charge is 2.12. The van der Waals surface area contributed by atoms with Crippen LogP contribution in [0.4, 0.5) is 5.69 Å². The number of pyridine rings is 1. The van der Waals surface area contributed by atoms with E-state index in [1.807, 2.05) is 60.0 Å². The Labute approximate surface area is 187 Å². The monoisotopic (exact) mass is 436 g/mol. The highest BCUT2D eigenvalue weighted by atomic mass is 16.5. The second-order valence-electron chi connectivity index (χ2n) is 7.16. The molecule has 0 aliphatic rings. The Morgan fingerprint density at radius 3 is 2.44 bits per heavy atom. The van der Waals surface area contributed by atoms with Crippen LogP contribution in [-0.2, 0) is 17.8 Å². The molecule has 3 rings (SSSR count). The topological polar surface area (TPSA) is 78.8 Å². The molecule has 0 saturated heterocycles. The van der Waals surface area contributed by atoms with Crippen LogP contribution in [-0.4, -0.2) is 30.8 Å². The summed E-state index contributed by atoms with van der Waals surface area (Å²) in [4.78, 5) is 24.7. The highest BCUT2D eigenvalue weighted by molar-refractivity contribution is 5.92. The van der Waals surface area contributed by atoms with Gasteiger partial charge in [-0.3, -0.25) is 9.59 Å². The van der Waals surface area contributed by atoms with Gasteiger partial charge in [0.1, 0.15) is 18.1 Å². The Hall–Kier alpha value is -3.74. The summed E-state index contributed by atoms with van der Waals surface area (Å²) < 4.78 is 18.4. The number of amides is 1. The van der Waals surface area contributed by atoms with Crippen LogP contribution in [0.25, 0.3) is 0 Å². The number of para-hydroxylation sites is 1. The van der Waals surface area contributed by atoms with Gasteiger partial charge in [0.25, 0.3) is 5.91 Å². The number of hydrogen-bond acceptors (Lipinski definition) is 5. The predicted octanol–water partition coefficient (Wildman–Crippen LogP) is 3.82. The van der Waals surface area contributed by atoms with E-state index in [-0.39, 0.29) is 23.7 Å². The minimum atomic E-state index is -0.317. The van der Waals surface area contributed by atoms with E-state index in [9.17, 15) is 9.59 Å². The molecule has 7 nitrogen and oxygen atoms in total. The van der Waals surface area contributed by atoms with Gasteiger partial charge in [-0.1, -0.05) is 25.1 Å². The third kappa shape index (κ3) is 5.91. The molecular weight excluding hydrogens is 408 g/mol. The van der Waals surface area contributed by atoms with Gasteiger partial charge in [-0.15, -0.1) is 0 Å². The van der Waals surface area contributed by atoms with Gasteiger partial charge >= 0.3 is 0 Å². The summed E-state index contributed by atoms with van der Waals surface area (Å²) in [6, 6.07) is 16.4. The maximum absolute atomic E-state index is 12.4. The van der Waals surface area contributed by atoms with Gasteiger partial charge in [0.15, 0.2) is 12.4 Å². The Kier molecular flexibility index (Phi) is 7.91. The Balaban J connectivity index is 1.59. The zero-order chi connectivity index (χ0) is 22.9. The summed E-state index contributed by atoms with van der Waals surface area (Å²) in [6.45, 7) is 4.48. The van der Waals surface area contributed by atoms with Crippen LogP contribution in [0.15, 0.2) is 65.6 Å². The molecule has 7 heteroatoms. The van der Waals surface area contributed by atoms with Gasteiger partial charge in [-0.05, 0) is 49.2 Å². The SMILES string of the molecule is CCc1ccccc1NC(=O)COc1c(C)n(CCOc2ccc(OC)cc2)ccc1=O. The molecule has 0 aliphatic carbocycles. The molecule has 1 N–H and O–H groups in total. The molecule has 1 aromatic heterocycles. The number of aromatic nitrogens is 1. The Bertz CT molecular complexity index is 1110. The standard InChI is InChI=1S/C25H28N2O5/c1-4-19-7-5-6-8-22(19)26-24(29)17-32-25-18(2)27(14-13-23(25)28)15-16-31-21-11-9-20(30-3)10-12-21/h5-14H,4,15-17H2,1-3H3,(H,26,29). The van der Waals surface area contributed by atoms with Crippen LogP contribution in [0.3, 0.4) is 0 Å². The molecule has 0 atom stereocenters. The lowest BCUT2D eigenvalue weighted by Gasteiger charge is -2.16. The number of carbonyl (C=O) groups is 1. The molecule has 2 aromatic carbocycles. The maximum Gasteiger partial charge on any atom is 0.262 e. The molecule has 0 bridgehead atoms. The Morgan fingerprint density at radius 1 is 1.00 bits per heavy atom. The van der Waals surface area contributed by atoms with Crippen LogP contribution in [0.2, 0.25) is 0 Å². The van der Waals surface area contributed by atoms with Gasteiger partial charge in [-0.2, -0.15) is 0 Å². The van der Waals surface area contributed by atoms with Crippen molar-refractivity contribution >= 4 is 11.6 Å². The van der Waals surface area contributed by atoms with Crippen molar-refractivity contribution in [3.8, 4) is 17.2 Å². The van der Waals surface area contributed by atoms with Gasteiger partial charge in [-0.25, -0.2) is 0 Å². The fourth-order valence-electron chi connectivity index (χ4n) is 3.28. The molecule has 0 fully saturated rings. The van der Waals surface area contributed by atoms with E-state index in [0.29, 0.717) is 18.8 Å². The van der Waals surface area contributed by atoms with Gasteiger partial charge in [0.05, 0.1) is 19.3 Å². The van der Waals surface area contributed by atoms with E-state index in [0.717, 1.165) is 29.2 Å². The van der Waals surface area contributed by atoms with Crippen LogP contribution < -0.4 is 25.0 Å². The van der Waals surface area contributed by atoms with Crippen molar-refractivity contribution in [3.63, 3.8) is 0 Å². The lowest BCUT2D eigenvalue weighted by molar-refractivity contribution is -0.118. The Morgan fingerprint density at radius 2 is 1.72 bits per heavy atom. The zero-order valence-electron chi connectivity index (χ0n) is 18.6.